The molecular formula is C20H21N3O2S4. The number of amides is 1. The van der Waals surface area contributed by atoms with Gasteiger partial charge in [0.2, 0.25) is 5.91 Å². The van der Waals surface area contributed by atoms with Gasteiger partial charge in [-0.3, -0.25) is 4.79 Å². The van der Waals surface area contributed by atoms with Crippen molar-refractivity contribution in [2.24, 2.45) is 7.05 Å². The van der Waals surface area contributed by atoms with E-state index in [-0.39, 0.29) is 5.91 Å². The normalized spacial score (nSPS) is 14.4. The van der Waals surface area contributed by atoms with Crippen molar-refractivity contribution in [1.29, 1.82) is 0 Å². The summed E-state index contributed by atoms with van der Waals surface area (Å²) < 4.78 is 8.50. The first-order chi connectivity index (χ1) is 13.8. The predicted octanol–water partition coefficient (Wildman–Crippen LogP) is 5.71. The van der Waals surface area contributed by atoms with Gasteiger partial charge in [-0.25, -0.2) is 4.98 Å². The number of thioether (sulfide) groups is 1. The van der Waals surface area contributed by atoms with Crippen molar-refractivity contribution in [3.63, 3.8) is 0 Å². The van der Waals surface area contributed by atoms with Gasteiger partial charge in [-0.2, -0.15) is 0 Å². The number of rotatable bonds is 5. The molecule has 0 atom stereocenters. The van der Waals surface area contributed by atoms with E-state index in [0.29, 0.717) is 12.4 Å². The van der Waals surface area contributed by atoms with Crippen LogP contribution in [-0.4, -0.2) is 27.8 Å². The molecule has 5 nitrogen and oxygen atoms in total. The van der Waals surface area contributed by atoms with Crippen LogP contribution in [0.25, 0.3) is 11.1 Å². The Bertz CT molecular complexity index is 1130. The standard InChI is InChI=1S/C20H21N3O2S4/c1-5-25-12-6-7-14-13(10-12)16-17(28-29-18(16)26)20(2,3)23(14)15(24)11-27-19-21-8-9-22(19)4/h6-10H,5,11H2,1-4H3. The third kappa shape index (κ3) is 3.54. The molecule has 0 radical (unpaired) electrons. The van der Waals surface area contributed by atoms with Crippen LogP contribution in [-0.2, 0) is 17.4 Å². The van der Waals surface area contributed by atoms with Crippen molar-refractivity contribution in [2.45, 2.75) is 31.5 Å². The lowest BCUT2D eigenvalue weighted by Gasteiger charge is -2.43. The molecule has 9 heteroatoms. The van der Waals surface area contributed by atoms with Gasteiger partial charge in [-0.05, 0) is 39.0 Å². The zero-order chi connectivity index (χ0) is 20.8. The largest absolute Gasteiger partial charge is 0.494 e. The van der Waals surface area contributed by atoms with Crippen LogP contribution >= 0.6 is 44.7 Å². The van der Waals surface area contributed by atoms with Gasteiger partial charge in [-0.15, -0.1) is 0 Å². The molecule has 29 heavy (non-hydrogen) atoms. The van der Waals surface area contributed by atoms with Crippen molar-refractivity contribution in [2.75, 3.05) is 17.3 Å². The van der Waals surface area contributed by atoms with Gasteiger partial charge in [0.1, 0.15) is 9.57 Å². The Morgan fingerprint density at radius 2 is 2.14 bits per heavy atom. The van der Waals surface area contributed by atoms with Crippen LogP contribution in [0.15, 0.2) is 35.7 Å². The number of imidazole rings is 1. The van der Waals surface area contributed by atoms with Gasteiger partial charge in [0.25, 0.3) is 0 Å². The SMILES string of the molecule is CCOc1ccc2c(c1)-c1c(ssc1=S)C(C)(C)N2C(=O)CSc1nccn1C. The molecule has 1 amide bonds. The maximum atomic E-state index is 13.4. The molecule has 152 valence electrons. The molecule has 0 fully saturated rings. The van der Waals surface area contributed by atoms with E-state index in [1.807, 2.05) is 47.8 Å². The average molecular weight is 464 g/mol. The van der Waals surface area contributed by atoms with Crippen LogP contribution in [0, 0.1) is 3.82 Å². The molecule has 4 rings (SSSR count). The fourth-order valence-electron chi connectivity index (χ4n) is 3.59. The highest BCUT2D eigenvalue weighted by molar-refractivity contribution is 7.99. The fraction of sp³-hybridized carbons (Fsp3) is 0.350. The Kier molecular flexibility index (Phi) is 5.58. The maximum Gasteiger partial charge on any atom is 0.238 e. The number of carbonyl (C=O) groups is 1. The minimum absolute atomic E-state index is 0.0448. The van der Waals surface area contributed by atoms with E-state index < -0.39 is 5.54 Å². The summed E-state index contributed by atoms with van der Waals surface area (Å²) in [6.45, 7) is 6.73. The summed E-state index contributed by atoms with van der Waals surface area (Å²) in [5.41, 5.74) is 2.45. The minimum Gasteiger partial charge on any atom is -0.494 e. The predicted molar refractivity (Wildman–Crippen MR) is 124 cm³/mol. The summed E-state index contributed by atoms with van der Waals surface area (Å²) in [5.74, 6) is 1.15. The molecule has 0 spiro atoms. The molecule has 0 N–H and O–H groups in total. The quantitative estimate of drug-likeness (QED) is 0.275. The van der Waals surface area contributed by atoms with Crippen molar-refractivity contribution in [1.82, 2.24) is 9.55 Å². The van der Waals surface area contributed by atoms with Gasteiger partial charge < -0.3 is 14.2 Å². The summed E-state index contributed by atoms with van der Waals surface area (Å²) in [7, 11) is 5.18. The van der Waals surface area contributed by atoms with Gasteiger partial charge in [-0.1, -0.05) is 44.7 Å². The van der Waals surface area contributed by atoms with Gasteiger partial charge in [0, 0.05) is 30.6 Å². The van der Waals surface area contributed by atoms with E-state index in [4.69, 9.17) is 17.0 Å². The second-order valence-corrected chi connectivity index (χ2v) is 10.9. The van der Waals surface area contributed by atoms with Crippen LogP contribution in [0.5, 0.6) is 5.75 Å². The van der Waals surface area contributed by atoms with Crippen LogP contribution in [0.1, 0.15) is 25.6 Å². The van der Waals surface area contributed by atoms with E-state index in [1.54, 1.807) is 26.9 Å². The smallest absolute Gasteiger partial charge is 0.238 e. The maximum absolute atomic E-state index is 13.4. The summed E-state index contributed by atoms with van der Waals surface area (Å²) in [6, 6.07) is 5.91. The molecule has 3 heterocycles. The Morgan fingerprint density at radius 1 is 1.34 bits per heavy atom. The molecule has 3 aromatic rings. The highest BCUT2D eigenvalue weighted by Gasteiger charge is 2.43. The van der Waals surface area contributed by atoms with Gasteiger partial charge >= 0.3 is 0 Å². The number of hydrogen-bond acceptors (Lipinski definition) is 7. The van der Waals surface area contributed by atoms with E-state index in [0.717, 1.165) is 36.4 Å². The molecule has 0 unspecified atom stereocenters. The zero-order valence-corrected chi connectivity index (χ0v) is 19.9. The first-order valence-corrected chi connectivity index (χ1v) is 12.7. The lowest BCUT2D eigenvalue weighted by atomic mass is 9.87. The zero-order valence-electron chi connectivity index (χ0n) is 16.6. The molecule has 1 aromatic carbocycles. The lowest BCUT2D eigenvalue weighted by Crippen LogP contribution is -2.48. The van der Waals surface area contributed by atoms with Crippen LogP contribution in [0.4, 0.5) is 5.69 Å². The summed E-state index contributed by atoms with van der Waals surface area (Å²) >= 11 is 7.10. The number of aromatic nitrogens is 2. The Hall–Kier alpha value is -1.68. The topological polar surface area (TPSA) is 47.4 Å². The molecule has 0 aliphatic carbocycles. The van der Waals surface area contributed by atoms with Crippen molar-refractivity contribution in [3.05, 3.63) is 39.3 Å². The van der Waals surface area contributed by atoms with E-state index in [1.165, 1.54) is 11.8 Å². The Labute approximate surface area is 186 Å². The number of ether oxygens (including phenoxy) is 1. The van der Waals surface area contributed by atoms with E-state index in [2.05, 4.69) is 18.8 Å². The summed E-state index contributed by atoms with van der Waals surface area (Å²) in [5, 5.41) is 0.826. The third-order valence-corrected chi connectivity index (χ3v) is 9.26. The van der Waals surface area contributed by atoms with Crippen molar-refractivity contribution >= 4 is 56.3 Å². The number of benzene rings is 1. The molecule has 1 aliphatic heterocycles. The van der Waals surface area contributed by atoms with Crippen LogP contribution < -0.4 is 9.64 Å². The van der Waals surface area contributed by atoms with Crippen molar-refractivity contribution in [3.8, 4) is 16.9 Å². The summed E-state index contributed by atoms with van der Waals surface area (Å²) in [6.07, 6.45) is 3.62. The minimum atomic E-state index is -0.479. The van der Waals surface area contributed by atoms with E-state index >= 15 is 0 Å². The molecule has 0 bridgehead atoms. The van der Waals surface area contributed by atoms with Crippen molar-refractivity contribution < 1.29 is 9.53 Å². The molecule has 2 aromatic heterocycles. The Morgan fingerprint density at radius 3 is 2.83 bits per heavy atom. The number of aryl methyl sites for hydroxylation is 1. The fourth-order valence-corrected chi connectivity index (χ4v) is 7.66. The first kappa shape index (κ1) is 20.6. The van der Waals surface area contributed by atoms with Crippen LogP contribution in [0.3, 0.4) is 0 Å². The Balaban J connectivity index is 1.77. The second-order valence-electron chi connectivity index (χ2n) is 7.17. The van der Waals surface area contributed by atoms with Crippen LogP contribution in [0.2, 0.25) is 0 Å². The number of fused-ring (bicyclic) bond motifs is 3. The van der Waals surface area contributed by atoms with E-state index in [9.17, 15) is 4.79 Å². The average Bonchev–Trinajstić information content (AvgIpc) is 3.27. The number of carbonyl (C=O) groups excluding carboxylic acids is 1. The molecular weight excluding hydrogens is 443 g/mol. The first-order valence-electron chi connectivity index (χ1n) is 9.18. The summed E-state index contributed by atoms with van der Waals surface area (Å²) in [4.78, 5) is 20.8. The third-order valence-electron chi connectivity index (χ3n) is 4.89. The molecule has 0 saturated heterocycles. The number of anilines is 1. The molecule has 0 saturated carbocycles. The second kappa shape index (κ2) is 7.86. The molecule has 1 aliphatic rings. The van der Waals surface area contributed by atoms with Gasteiger partial charge in [0.05, 0.1) is 28.5 Å². The number of nitrogens with zero attached hydrogens (tertiary/aromatic N) is 3. The highest BCUT2D eigenvalue weighted by Crippen LogP contribution is 2.53. The highest BCUT2D eigenvalue weighted by atomic mass is 32.9. The lowest BCUT2D eigenvalue weighted by molar-refractivity contribution is -0.117. The number of hydrogen-bond donors (Lipinski definition) is 0. The monoisotopic (exact) mass is 463 g/mol. The van der Waals surface area contributed by atoms with Gasteiger partial charge in [0.15, 0.2) is 5.16 Å².